The van der Waals surface area contributed by atoms with Crippen molar-refractivity contribution < 1.29 is 4.79 Å². The molecule has 0 amide bonds. The van der Waals surface area contributed by atoms with Gasteiger partial charge in [-0.3, -0.25) is 4.79 Å². The fraction of sp³-hybridized carbons (Fsp3) is 0.615. The molecule has 0 N–H and O–H groups in total. The van der Waals surface area contributed by atoms with Crippen molar-refractivity contribution in [3.05, 3.63) is 23.8 Å². The predicted octanol–water partition coefficient (Wildman–Crippen LogP) is 3.51. The Kier molecular flexibility index (Phi) is 3.30. The molecule has 1 aliphatic carbocycles. The van der Waals surface area contributed by atoms with Gasteiger partial charge < -0.3 is 0 Å². The Morgan fingerprint density at radius 3 is 2.79 bits per heavy atom. The lowest BCUT2D eigenvalue weighted by atomic mass is 9.75. The molecule has 1 aliphatic rings. The summed E-state index contributed by atoms with van der Waals surface area (Å²) in [6, 6.07) is 0. The molecule has 0 aromatic carbocycles. The molecule has 0 aromatic heterocycles. The van der Waals surface area contributed by atoms with E-state index in [1.54, 1.807) is 6.08 Å². The first-order chi connectivity index (χ1) is 6.53. The molecule has 1 rings (SSSR count). The van der Waals surface area contributed by atoms with Gasteiger partial charge in [-0.15, -0.1) is 0 Å². The van der Waals surface area contributed by atoms with Crippen LogP contribution in [0.4, 0.5) is 0 Å². The Bertz CT molecular complexity index is 282. The average molecular weight is 192 g/mol. The number of hydrogen-bond donors (Lipinski definition) is 0. The number of rotatable bonds is 3. The maximum Gasteiger partial charge on any atom is 0.163 e. The zero-order valence-electron chi connectivity index (χ0n) is 9.63. The zero-order chi connectivity index (χ0) is 10.8. The van der Waals surface area contributed by atoms with Crippen LogP contribution in [0.25, 0.3) is 0 Å². The molecular formula is C13H20O. The summed E-state index contributed by atoms with van der Waals surface area (Å²) < 4.78 is 0. The summed E-state index contributed by atoms with van der Waals surface area (Å²) in [5, 5.41) is 0. The Labute approximate surface area is 86.9 Å². The minimum Gasteiger partial charge on any atom is -0.294 e. The number of allylic oxidation sites excluding steroid dienone is 4. The first-order valence-electron chi connectivity index (χ1n) is 5.38. The van der Waals surface area contributed by atoms with Crippen LogP contribution < -0.4 is 0 Å². The fourth-order valence-electron chi connectivity index (χ4n) is 2.31. The third kappa shape index (κ3) is 1.97. The van der Waals surface area contributed by atoms with Gasteiger partial charge in [0.2, 0.25) is 0 Å². The van der Waals surface area contributed by atoms with Gasteiger partial charge in [0.05, 0.1) is 0 Å². The quantitative estimate of drug-likeness (QED) is 0.494. The van der Waals surface area contributed by atoms with Gasteiger partial charge in [-0.05, 0) is 31.3 Å². The average Bonchev–Trinajstić information content (AvgIpc) is 2.41. The lowest BCUT2D eigenvalue weighted by Gasteiger charge is -2.27. The van der Waals surface area contributed by atoms with Crippen LogP contribution >= 0.6 is 0 Å². The largest absolute Gasteiger partial charge is 0.294 e. The molecule has 0 radical (unpaired) electrons. The molecule has 14 heavy (non-hydrogen) atoms. The van der Waals surface area contributed by atoms with Crippen molar-refractivity contribution in [3.8, 4) is 0 Å². The minimum atomic E-state index is 0.113. The van der Waals surface area contributed by atoms with Crippen LogP contribution in [0.5, 0.6) is 0 Å². The van der Waals surface area contributed by atoms with E-state index in [9.17, 15) is 4.79 Å². The monoisotopic (exact) mass is 192 g/mol. The van der Waals surface area contributed by atoms with Crippen molar-refractivity contribution in [2.24, 2.45) is 11.3 Å². The van der Waals surface area contributed by atoms with Gasteiger partial charge in [0, 0.05) is 5.92 Å². The second-order valence-corrected chi connectivity index (χ2v) is 4.66. The van der Waals surface area contributed by atoms with Crippen molar-refractivity contribution in [1.29, 1.82) is 0 Å². The van der Waals surface area contributed by atoms with Crippen LogP contribution in [-0.4, -0.2) is 5.78 Å². The summed E-state index contributed by atoms with van der Waals surface area (Å²) in [5.74, 6) is 0.381. The highest BCUT2D eigenvalue weighted by Gasteiger charge is 2.39. The van der Waals surface area contributed by atoms with E-state index in [0.717, 1.165) is 12.8 Å². The highest BCUT2D eigenvalue weighted by molar-refractivity contribution is 5.94. The predicted molar refractivity (Wildman–Crippen MR) is 60.1 cm³/mol. The summed E-state index contributed by atoms with van der Waals surface area (Å²) in [6.45, 7) is 8.38. The SMILES string of the molecule is CC=CC(=O)C1C(CC)=CCC1(C)C. The number of carbonyl (C=O) groups excluding carboxylic acids is 1. The summed E-state index contributed by atoms with van der Waals surface area (Å²) in [7, 11) is 0. The second kappa shape index (κ2) is 4.12. The first kappa shape index (κ1) is 11.2. The Morgan fingerprint density at radius 2 is 2.29 bits per heavy atom. The van der Waals surface area contributed by atoms with Crippen molar-refractivity contribution >= 4 is 5.78 Å². The Balaban J connectivity index is 2.92. The van der Waals surface area contributed by atoms with E-state index in [0.29, 0.717) is 0 Å². The molecule has 0 fully saturated rings. The molecule has 0 saturated carbocycles. The smallest absolute Gasteiger partial charge is 0.163 e. The molecule has 1 unspecified atom stereocenters. The van der Waals surface area contributed by atoms with Crippen molar-refractivity contribution in [3.63, 3.8) is 0 Å². The van der Waals surface area contributed by atoms with Gasteiger partial charge in [-0.25, -0.2) is 0 Å². The Hall–Kier alpha value is -0.850. The third-order valence-corrected chi connectivity index (χ3v) is 3.07. The van der Waals surface area contributed by atoms with Crippen LogP contribution in [-0.2, 0) is 4.79 Å². The molecule has 0 spiro atoms. The van der Waals surface area contributed by atoms with Crippen molar-refractivity contribution in [2.45, 2.75) is 40.5 Å². The maximum atomic E-state index is 11.9. The minimum absolute atomic E-state index is 0.113. The van der Waals surface area contributed by atoms with Crippen LogP contribution in [0.15, 0.2) is 23.8 Å². The molecule has 78 valence electrons. The van der Waals surface area contributed by atoms with E-state index in [4.69, 9.17) is 0 Å². The van der Waals surface area contributed by atoms with E-state index in [-0.39, 0.29) is 17.1 Å². The van der Waals surface area contributed by atoms with E-state index >= 15 is 0 Å². The molecular weight excluding hydrogens is 172 g/mol. The number of ketones is 1. The number of hydrogen-bond acceptors (Lipinski definition) is 1. The normalized spacial score (nSPS) is 25.4. The summed E-state index contributed by atoms with van der Waals surface area (Å²) >= 11 is 0. The molecule has 1 heteroatoms. The zero-order valence-corrected chi connectivity index (χ0v) is 9.63. The summed E-state index contributed by atoms with van der Waals surface area (Å²) in [4.78, 5) is 11.9. The highest BCUT2D eigenvalue weighted by atomic mass is 16.1. The fourth-order valence-corrected chi connectivity index (χ4v) is 2.31. The van der Waals surface area contributed by atoms with E-state index in [1.165, 1.54) is 5.57 Å². The molecule has 1 atom stereocenters. The molecule has 0 bridgehead atoms. The molecule has 0 aliphatic heterocycles. The number of carbonyl (C=O) groups is 1. The van der Waals surface area contributed by atoms with E-state index in [1.807, 2.05) is 13.0 Å². The van der Waals surface area contributed by atoms with Gasteiger partial charge in [-0.2, -0.15) is 0 Å². The van der Waals surface area contributed by atoms with Crippen LogP contribution in [0.3, 0.4) is 0 Å². The van der Waals surface area contributed by atoms with E-state index < -0.39 is 0 Å². The molecule has 0 aromatic rings. The lowest BCUT2D eigenvalue weighted by molar-refractivity contribution is -0.119. The van der Waals surface area contributed by atoms with Gasteiger partial charge in [0.1, 0.15) is 0 Å². The standard InChI is InChI=1S/C13H20O/c1-5-7-11(14)12-10(6-2)8-9-13(12,3)4/h5,7-8,12H,6,9H2,1-4H3. The topological polar surface area (TPSA) is 17.1 Å². The van der Waals surface area contributed by atoms with E-state index in [2.05, 4.69) is 26.8 Å². The first-order valence-corrected chi connectivity index (χ1v) is 5.38. The van der Waals surface area contributed by atoms with Gasteiger partial charge in [0.15, 0.2) is 5.78 Å². The second-order valence-electron chi connectivity index (χ2n) is 4.66. The summed E-state index contributed by atoms with van der Waals surface area (Å²) in [5.41, 5.74) is 1.43. The molecule has 1 nitrogen and oxygen atoms in total. The summed E-state index contributed by atoms with van der Waals surface area (Å²) in [6.07, 6.45) is 7.82. The van der Waals surface area contributed by atoms with Gasteiger partial charge >= 0.3 is 0 Å². The molecule has 0 saturated heterocycles. The maximum absolute atomic E-state index is 11.9. The highest BCUT2D eigenvalue weighted by Crippen LogP contribution is 2.44. The van der Waals surface area contributed by atoms with Crippen molar-refractivity contribution in [2.75, 3.05) is 0 Å². The lowest BCUT2D eigenvalue weighted by Crippen LogP contribution is -2.27. The van der Waals surface area contributed by atoms with Crippen LogP contribution in [0, 0.1) is 11.3 Å². The van der Waals surface area contributed by atoms with Crippen molar-refractivity contribution in [1.82, 2.24) is 0 Å². The van der Waals surface area contributed by atoms with Gasteiger partial charge in [-0.1, -0.05) is 38.5 Å². The van der Waals surface area contributed by atoms with Crippen LogP contribution in [0.1, 0.15) is 40.5 Å². The van der Waals surface area contributed by atoms with Crippen LogP contribution in [0.2, 0.25) is 0 Å². The third-order valence-electron chi connectivity index (χ3n) is 3.07. The van der Waals surface area contributed by atoms with Gasteiger partial charge in [0.25, 0.3) is 0 Å². The molecule has 0 heterocycles. The Morgan fingerprint density at radius 1 is 1.64 bits per heavy atom.